The molecular weight excluding hydrogens is 434 g/mol. The van der Waals surface area contributed by atoms with Crippen molar-refractivity contribution in [3.05, 3.63) is 71.6 Å². The van der Waals surface area contributed by atoms with Crippen LogP contribution in [-0.4, -0.2) is 28.2 Å². The molecule has 0 radical (unpaired) electrons. The van der Waals surface area contributed by atoms with Crippen LogP contribution in [0.4, 0.5) is 0 Å². The molecule has 168 valence electrons. The second-order valence-electron chi connectivity index (χ2n) is 7.57. The van der Waals surface area contributed by atoms with E-state index in [-0.39, 0.29) is 53.6 Å². The molecule has 1 aromatic carbocycles. The Morgan fingerprint density at radius 3 is 2.19 bits per heavy atom. The lowest BCUT2D eigenvalue weighted by Crippen LogP contribution is -2.39. The molecule has 0 amide bonds. The molecule has 32 heavy (non-hydrogen) atoms. The summed E-state index contributed by atoms with van der Waals surface area (Å²) in [5.41, 5.74) is -0.205. The number of hydrogen-bond donors (Lipinski definition) is 1. The van der Waals surface area contributed by atoms with Crippen LogP contribution in [0.1, 0.15) is 38.3 Å². The SMILES string of the molecule is CCCc1c(O)n2c3c(=O)n(CC)c(=O)n(CC)c3nc2n(Cc2ccc(Cl)cc2)c1=O. The maximum atomic E-state index is 13.3. The van der Waals surface area contributed by atoms with Gasteiger partial charge in [-0.05, 0) is 38.0 Å². The van der Waals surface area contributed by atoms with Crippen molar-refractivity contribution in [2.75, 3.05) is 0 Å². The van der Waals surface area contributed by atoms with E-state index in [9.17, 15) is 19.5 Å². The zero-order valence-corrected chi connectivity index (χ0v) is 18.9. The highest BCUT2D eigenvalue weighted by Gasteiger charge is 2.24. The van der Waals surface area contributed by atoms with E-state index in [1.165, 1.54) is 13.5 Å². The predicted octanol–water partition coefficient (Wildman–Crippen LogP) is 2.37. The summed E-state index contributed by atoms with van der Waals surface area (Å²) in [6.45, 7) is 6.00. The van der Waals surface area contributed by atoms with Crippen LogP contribution in [0.3, 0.4) is 0 Å². The zero-order valence-electron chi connectivity index (χ0n) is 18.1. The van der Waals surface area contributed by atoms with E-state index in [4.69, 9.17) is 11.6 Å². The molecule has 0 bridgehead atoms. The Kier molecular flexibility index (Phi) is 5.68. The molecule has 3 heterocycles. The van der Waals surface area contributed by atoms with Crippen molar-refractivity contribution >= 4 is 28.5 Å². The first kappa shape index (κ1) is 21.9. The fourth-order valence-electron chi connectivity index (χ4n) is 4.04. The average Bonchev–Trinajstić information content (AvgIpc) is 3.17. The predicted molar refractivity (Wildman–Crippen MR) is 123 cm³/mol. The molecule has 9 nitrogen and oxygen atoms in total. The van der Waals surface area contributed by atoms with Crippen LogP contribution in [0.2, 0.25) is 5.02 Å². The minimum atomic E-state index is -0.556. The molecule has 0 unspecified atom stereocenters. The van der Waals surface area contributed by atoms with Crippen molar-refractivity contribution in [2.24, 2.45) is 0 Å². The minimum Gasteiger partial charge on any atom is -0.494 e. The Labute approximate surface area is 187 Å². The van der Waals surface area contributed by atoms with Gasteiger partial charge in [0, 0.05) is 18.1 Å². The largest absolute Gasteiger partial charge is 0.494 e. The van der Waals surface area contributed by atoms with Gasteiger partial charge in [-0.3, -0.25) is 23.3 Å². The Balaban J connectivity index is 2.19. The monoisotopic (exact) mass is 457 g/mol. The second-order valence-corrected chi connectivity index (χ2v) is 8.00. The van der Waals surface area contributed by atoms with Gasteiger partial charge in [-0.1, -0.05) is 37.1 Å². The molecule has 0 saturated heterocycles. The van der Waals surface area contributed by atoms with E-state index in [2.05, 4.69) is 4.98 Å². The summed E-state index contributed by atoms with van der Waals surface area (Å²) in [4.78, 5) is 43.9. The smallest absolute Gasteiger partial charge is 0.332 e. The maximum Gasteiger partial charge on any atom is 0.332 e. The molecule has 4 rings (SSSR count). The summed E-state index contributed by atoms with van der Waals surface area (Å²) < 4.78 is 5.21. The van der Waals surface area contributed by atoms with Gasteiger partial charge < -0.3 is 5.11 Å². The van der Waals surface area contributed by atoms with Gasteiger partial charge >= 0.3 is 5.69 Å². The molecule has 4 aromatic rings. The van der Waals surface area contributed by atoms with Gasteiger partial charge in [0.15, 0.2) is 11.2 Å². The lowest BCUT2D eigenvalue weighted by molar-refractivity contribution is 0.433. The van der Waals surface area contributed by atoms with Crippen LogP contribution in [0.5, 0.6) is 5.88 Å². The quantitative estimate of drug-likeness (QED) is 0.478. The molecule has 0 fully saturated rings. The molecule has 10 heteroatoms. The topological polar surface area (TPSA) is 104 Å². The molecule has 0 saturated carbocycles. The van der Waals surface area contributed by atoms with E-state index in [0.29, 0.717) is 17.9 Å². The first-order valence-electron chi connectivity index (χ1n) is 10.6. The molecule has 0 aliphatic heterocycles. The zero-order chi connectivity index (χ0) is 23.2. The highest BCUT2D eigenvalue weighted by molar-refractivity contribution is 6.30. The van der Waals surface area contributed by atoms with Crippen LogP contribution < -0.4 is 16.8 Å². The number of nitrogens with zero attached hydrogens (tertiary/aromatic N) is 5. The van der Waals surface area contributed by atoms with Crippen molar-refractivity contribution in [2.45, 2.75) is 53.2 Å². The average molecular weight is 458 g/mol. The van der Waals surface area contributed by atoms with Crippen LogP contribution in [0, 0.1) is 0 Å². The van der Waals surface area contributed by atoms with Crippen molar-refractivity contribution in [3.8, 4) is 5.88 Å². The van der Waals surface area contributed by atoms with Crippen LogP contribution in [0.15, 0.2) is 38.6 Å². The van der Waals surface area contributed by atoms with Crippen molar-refractivity contribution in [1.29, 1.82) is 0 Å². The third-order valence-electron chi connectivity index (χ3n) is 5.62. The summed E-state index contributed by atoms with van der Waals surface area (Å²) in [6, 6.07) is 7.05. The molecule has 0 aliphatic carbocycles. The number of fused-ring (bicyclic) bond motifs is 3. The number of benzene rings is 1. The summed E-state index contributed by atoms with van der Waals surface area (Å²) in [5, 5.41) is 11.6. The van der Waals surface area contributed by atoms with Gasteiger partial charge in [0.1, 0.15) is 0 Å². The Bertz CT molecular complexity index is 1510. The Morgan fingerprint density at radius 1 is 0.938 bits per heavy atom. The highest BCUT2D eigenvalue weighted by atomic mass is 35.5. The number of aromatic hydroxyl groups is 1. The standard InChI is InChI=1S/C22H24ClN5O4/c1-4-7-15-18(29)27(12-13-8-10-14(23)11-9-13)21-24-17-16(28(21)19(15)30)20(31)26(6-3)22(32)25(17)5-2/h8-11,30H,4-7,12H2,1-3H3. The number of hydrogen-bond acceptors (Lipinski definition) is 5. The van der Waals surface area contributed by atoms with Crippen molar-refractivity contribution < 1.29 is 5.11 Å². The number of imidazole rings is 1. The second kappa shape index (κ2) is 8.31. The van der Waals surface area contributed by atoms with Crippen LogP contribution in [-0.2, 0) is 26.1 Å². The fourth-order valence-corrected chi connectivity index (χ4v) is 4.17. The maximum absolute atomic E-state index is 13.3. The normalized spacial score (nSPS) is 11.6. The van der Waals surface area contributed by atoms with Crippen molar-refractivity contribution in [3.63, 3.8) is 0 Å². The Morgan fingerprint density at radius 2 is 1.59 bits per heavy atom. The van der Waals surface area contributed by atoms with Crippen molar-refractivity contribution in [1.82, 2.24) is 23.1 Å². The van der Waals surface area contributed by atoms with Gasteiger partial charge in [0.25, 0.3) is 11.1 Å². The number of aryl methyl sites for hydroxylation is 1. The van der Waals surface area contributed by atoms with E-state index in [0.717, 1.165) is 10.1 Å². The van der Waals surface area contributed by atoms with Crippen LogP contribution >= 0.6 is 11.6 Å². The van der Waals surface area contributed by atoms with E-state index in [1.54, 1.807) is 38.1 Å². The lowest BCUT2D eigenvalue weighted by atomic mass is 10.1. The summed E-state index contributed by atoms with van der Waals surface area (Å²) in [5.74, 6) is -0.215. The molecule has 1 N–H and O–H groups in total. The molecule has 0 atom stereocenters. The van der Waals surface area contributed by atoms with Gasteiger partial charge in [0.05, 0.1) is 12.1 Å². The van der Waals surface area contributed by atoms with Gasteiger partial charge in [-0.15, -0.1) is 0 Å². The Hall–Kier alpha value is -3.33. The lowest BCUT2D eigenvalue weighted by Gasteiger charge is -2.13. The number of aromatic nitrogens is 5. The van der Waals surface area contributed by atoms with Crippen LogP contribution in [0.25, 0.3) is 16.9 Å². The summed E-state index contributed by atoms with van der Waals surface area (Å²) in [7, 11) is 0. The van der Waals surface area contributed by atoms with Gasteiger partial charge in [0.2, 0.25) is 11.7 Å². The first-order chi connectivity index (χ1) is 15.3. The van der Waals surface area contributed by atoms with Gasteiger partial charge in [-0.25, -0.2) is 9.20 Å². The fraction of sp³-hybridized carbons (Fsp3) is 0.364. The third-order valence-corrected chi connectivity index (χ3v) is 5.87. The molecule has 0 spiro atoms. The van der Waals surface area contributed by atoms with E-state index >= 15 is 0 Å². The molecule has 3 aromatic heterocycles. The summed E-state index contributed by atoms with van der Waals surface area (Å²) >= 11 is 5.99. The molecule has 0 aliphatic rings. The first-order valence-corrected chi connectivity index (χ1v) is 11.0. The van der Waals surface area contributed by atoms with E-state index in [1.807, 2.05) is 6.92 Å². The van der Waals surface area contributed by atoms with E-state index < -0.39 is 11.2 Å². The molecular formula is C22H24ClN5O4. The number of rotatable bonds is 6. The highest BCUT2D eigenvalue weighted by Crippen LogP contribution is 2.23. The minimum absolute atomic E-state index is 0.0722. The van der Waals surface area contributed by atoms with Gasteiger partial charge in [-0.2, -0.15) is 4.98 Å². The number of halogens is 1. The third kappa shape index (κ3) is 3.24. The summed E-state index contributed by atoms with van der Waals surface area (Å²) in [6.07, 6.45) is 0.955.